The second-order valence-corrected chi connectivity index (χ2v) is 4.82. The molecule has 2 rings (SSSR count). The average molecular weight is 279 g/mol. The quantitative estimate of drug-likeness (QED) is 0.898. The van der Waals surface area contributed by atoms with Gasteiger partial charge in [0.25, 0.3) is 5.91 Å². The van der Waals surface area contributed by atoms with Gasteiger partial charge in [-0.2, -0.15) is 0 Å². The highest BCUT2D eigenvalue weighted by atomic mass is 35.5. The van der Waals surface area contributed by atoms with Crippen molar-refractivity contribution in [2.24, 2.45) is 0 Å². The van der Waals surface area contributed by atoms with E-state index in [1.165, 1.54) is 4.90 Å². The summed E-state index contributed by atoms with van der Waals surface area (Å²) in [7, 11) is 0. The van der Waals surface area contributed by atoms with E-state index in [-0.39, 0.29) is 18.4 Å². The van der Waals surface area contributed by atoms with E-state index in [9.17, 15) is 9.59 Å². The molecule has 0 atom stereocenters. The molecule has 1 heterocycles. The van der Waals surface area contributed by atoms with Crippen molar-refractivity contribution in [1.29, 1.82) is 0 Å². The third-order valence-corrected chi connectivity index (χ3v) is 3.62. The maximum atomic E-state index is 12.4. The van der Waals surface area contributed by atoms with Crippen LogP contribution in [0.3, 0.4) is 0 Å². The first-order valence-corrected chi connectivity index (χ1v) is 6.40. The molecule has 1 aromatic rings. The Morgan fingerprint density at radius 2 is 2.26 bits per heavy atom. The number of hydrogen-bond donors (Lipinski definition) is 1. The Bertz CT molecular complexity index is 555. The van der Waals surface area contributed by atoms with Crippen LogP contribution in [0.4, 0.5) is 0 Å². The summed E-state index contributed by atoms with van der Waals surface area (Å²) >= 11 is 6.04. The van der Waals surface area contributed by atoms with Gasteiger partial charge in [0.15, 0.2) is 0 Å². The van der Waals surface area contributed by atoms with E-state index in [0.717, 1.165) is 11.1 Å². The number of hydrogen-bond acceptors (Lipinski definition) is 2. The second kappa shape index (κ2) is 5.45. The van der Waals surface area contributed by atoms with Gasteiger partial charge in [0, 0.05) is 23.7 Å². The summed E-state index contributed by atoms with van der Waals surface area (Å²) in [4.78, 5) is 25.3. The Balaban J connectivity index is 2.36. The molecule has 1 aliphatic heterocycles. The normalized spacial score (nSPS) is 15.1. The molecule has 1 aliphatic rings. The smallest absolute Gasteiger partial charge is 0.255 e. The van der Waals surface area contributed by atoms with E-state index in [2.05, 4.69) is 11.9 Å². The number of rotatable bonds is 2. The lowest BCUT2D eigenvalue weighted by Gasteiger charge is -2.27. The number of amides is 2. The molecule has 1 fully saturated rings. The van der Waals surface area contributed by atoms with Crippen molar-refractivity contribution in [1.82, 2.24) is 10.2 Å². The summed E-state index contributed by atoms with van der Waals surface area (Å²) in [6.45, 7) is 6.67. The van der Waals surface area contributed by atoms with Gasteiger partial charge in [0.2, 0.25) is 5.91 Å². The SMILES string of the molecule is C=Cc1c(C(=O)N2CCNC(=O)C2)ccc(Cl)c1C. The Morgan fingerprint density at radius 1 is 1.53 bits per heavy atom. The molecule has 0 spiro atoms. The van der Waals surface area contributed by atoms with Crippen LogP contribution in [0.2, 0.25) is 5.02 Å². The number of halogens is 1. The lowest BCUT2D eigenvalue weighted by atomic mass is 10.0. The molecular weight excluding hydrogens is 264 g/mol. The lowest BCUT2D eigenvalue weighted by Crippen LogP contribution is -2.50. The molecule has 100 valence electrons. The zero-order valence-electron chi connectivity index (χ0n) is 10.7. The third kappa shape index (κ3) is 2.63. The van der Waals surface area contributed by atoms with Gasteiger partial charge in [0.05, 0.1) is 6.54 Å². The Labute approximate surface area is 117 Å². The summed E-state index contributed by atoms with van der Waals surface area (Å²) in [6.07, 6.45) is 1.62. The predicted molar refractivity (Wildman–Crippen MR) is 75.2 cm³/mol. The van der Waals surface area contributed by atoms with E-state index in [1.54, 1.807) is 18.2 Å². The lowest BCUT2D eigenvalue weighted by molar-refractivity contribution is -0.123. The van der Waals surface area contributed by atoms with Crippen LogP contribution >= 0.6 is 11.6 Å². The molecule has 0 saturated carbocycles. The maximum Gasteiger partial charge on any atom is 0.255 e. The van der Waals surface area contributed by atoms with E-state index in [4.69, 9.17) is 11.6 Å². The average Bonchev–Trinajstić information content (AvgIpc) is 2.41. The number of piperazine rings is 1. The van der Waals surface area contributed by atoms with Crippen LogP contribution in [0.25, 0.3) is 6.08 Å². The first-order valence-electron chi connectivity index (χ1n) is 6.02. The maximum absolute atomic E-state index is 12.4. The minimum Gasteiger partial charge on any atom is -0.353 e. The van der Waals surface area contributed by atoms with Gasteiger partial charge in [-0.1, -0.05) is 24.3 Å². The number of carbonyl (C=O) groups excluding carboxylic acids is 2. The molecule has 1 saturated heterocycles. The van der Waals surface area contributed by atoms with Crippen LogP contribution in [0.1, 0.15) is 21.5 Å². The molecule has 1 aromatic carbocycles. The standard InChI is InChI=1S/C14H15ClN2O2/c1-3-10-9(2)12(15)5-4-11(10)14(19)17-7-6-16-13(18)8-17/h3-5H,1,6-8H2,2H3,(H,16,18). The summed E-state index contributed by atoms with van der Waals surface area (Å²) in [6, 6.07) is 3.38. The number of carbonyl (C=O) groups is 2. The van der Waals surface area contributed by atoms with Crippen LogP contribution in [0, 0.1) is 6.92 Å². The zero-order chi connectivity index (χ0) is 14.0. The van der Waals surface area contributed by atoms with Crippen molar-refractivity contribution < 1.29 is 9.59 Å². The molecular formula is C14H15ClN2O2. The number of nitrogens with zero attached hydrogens (tertiary/aromatic N) is 1. The molecule has 0 bridgehead atoms. The van der Waals surface area contributed by atoms with Crippen molar-refractivity contribution in [2.45, 2.75) is 6.92 Å². The predicted octanol–water partition coefficient (Wildman–Crippen LogP) is 1.86. The Morgan fingerprint density at radius 3 is 2.89 bits per heavy atom. The fourth-order valence-electron chi connectivity index (χ4n) is 2.13. The molecule has 2 amide bonds. The summed E-state index contributed by atoms with van der Waals surface area (Å²) in [5.74, 6) is -0.296. The van der Waals surface area contributed by atoms with Crippen LogP contribution in [-0.4, -0.2) is 36.3 Å². The fourth-order valence-corrected chi connectivity index (χ4v) is 2.30. The molecule has 0 unspecified atom stereocenters. The van der Waals surface area contributed by atoms with Crippen molar-refractivity contribution in [3.8, 4) is 0 Å². The summed E-state index contributed by atoms with van der Waals surface area (Å²) < 4.78 is 0. The molecule has 0 aliphatic carbocycles. The first-order chi connectivity index (χ1) is 9.04. The van der Waals surface area contributed by atoms with E-state index < -0.39 is 0 Å². The first kappa shape index (κ1) is 13.6. The van der Waals surface area contributed by atoms with Gasteiger partial charge in [-0.15, -0.1) is 0 Å². The highest BCUT2D eigenvalue weighted by Crippen LogP contribution is 2.24. The van der Waals surface area contributed by atoms with Crippen LogP contribution in [0.5, 0.6) is 0 Å². The molecule has 19 heavy (non-hydrogen) atoms. The van der Waals surface area contributed by atoms with Crippen molar-refractivity contribution >= 4 is 29.5 Å². The Hall–Kier alpha value is -1.81. The minimum absolute atomic E-state index is 0.0943. The van der Waals surface area contributed by atoms with Gasteiger partial charge in [-0.05, 0) is 30.2 Å². The van der Waals surface area contributed by atoms with Crippen LogP contribution in [0.15, 0.2) is 18.7 Å². The Kier molecular flexibility index (Phi) is 3.90. The minimum atomic E-state index is -0.162. The molecule has 1 N–H and O–H groups in total. The van der Waals surface area contributed by atoms with Gasteiger partial charge < -0.3 is 10.2 Å². The molecule has 0 radical (unpaired) electrons. The van der Waals surface area contributed by atoms with E-state index >= 15 is 0 Å². The second-order valence-electron chi connectivity index (χ2n) is 4.41. The van der Waals surface area contributed by atoms with Crippen molar-refractivity contribution in [2.75, 3.05) is 19.6 Å². The largest absolute Gasteiger partial charge is 0.353 e. The summed E-state index contributed by atoms with van der Waals surface area (Å²) in [5.41, 5.74) is 2.08. The van der Waals surface area contributed by atoms with Crippen LogP contribution < -0.4 is 5.32 Å². The van der Waals surface area contributed by atoms with Crippen LogP contribution in [-0.2, 0) is 4.79 Å². The number of nitrogens with one attached hydrogen (secondary N) is 1. The van der Waals surface area contributed by atoms with Crippen molar-refractivity contribution in [3.63, 3.8) is 0 Å². The molecule has 5 heteroatoms. The summed E-state index contributed by atoms with van der Waals surface area (Å²) in [5, 5.41) is 3.29. The number of benzene rings is 1. The van der Waals surface area contributed by atoms with Gasteiger partial charge in [-0.3, -0.25) is 9.59 Å². The zero-order valence-corrected chi connectivity index (χ0v) is 11.5. The van der Waals surface area contributed by atoms with E-state index in [0.29, 0.717) is 23.7 Å². The topological polar surface area (TPSA) is 49.4 Å². The van der Waals surface area contributed by atoms with Gasteiger partial charge in [0.1, 0.15) is 0 Å². The third-order valence-electron chi connectivity index (χ3n) is 3.21. The van der Waals surface area contributed by atoms with Gasteiger partial charge in [-0.25, -0.2) is 0 Å². The molecule has 0 aromatic heterocycles. The highest BCUT2D eigenvalue weighted by Gasteiger charge is 2.24. The molecule has 4 nitrogen and oxygen atoms in total. The highest BCUT2D eigenvalue weighted by molar-refractivity contribution is 6.31. The van der Waals surface area contributed by atoms with Gasteiger partial charge >= 0.3 is 0 Å². The fraction of sp³-hybridized carbons (Fsp3) is 0.286. The van der Waals surface area contributed by atoms with Crippen molar-refractivity contribution in [3.05, 3.63) is 40.4 Å². The van der Waals surface area contributed by atoms with E-state index in [1.807, 2.05) is 6.92 Å². The monoisotopic (exact) mass is 278 g/mol.